The Morgan fingerprint density at radius 2 is 1.94 bits per heavy atom. The molecular formula is C18H18F4N6O4. The molecule has 172 valence electrons. The van der Waals surface area contributed by atoms with E-state index in [0.717, 1.165) is 18.9 Å². The molecule has 2 aromatic rings. The molecule has 4 rings (SSSR count). The van der Waals surface area contributed by atoms with Crippen LogP contribution in [0.1, 0.15) is 10.4 Å². The van der Waals surface area contributed by atoms with Gasteiger partial charge in [-0.25, -0.2) is 19.2 Å². The first kappa shape index (κ1) is 23.2. The molecule has 2 aliphatic rings. The van der Waals surface area contributed by atoms with Crippen LogP contribution in [0.4, 0.5) is 23.5 Å². The van der Waals surface area contributed by atoms with Crippen molar-refractivity contribution in [2.45, 2.75) is 6.18 Å². The van der Waals surface area contributed by atoms with Gasteiger partial charge in [-0.1, -0.05) is 0 Å². The molecule has 0 aromatic carbocycles. The van der Waals surface area contributed by atoms with Crippen LogP contribution in [0, 0.1) is 17.2 Å². The Hall–Kier alpha value is -3.42. The van der Waals surface area contributed by atoms with E-state index in [9.17, 15) is 22.4 Å². The van der Waals surface area contributed by atoms with Gasteiger partial charge < -0.3 is 20.1 Å². The number of alkyl halides is 3. The number of rotatable bonds is 4. The number of hydrogen-bond donors (Lipinski definition) is 2. The monoisotopic (exact) mass is 458 g/mol. The zero-order valence-electron chi connectivity index (χ0n) is 16.4. The lowest BCUT2D eigenvalue weighted by atomic mass is 9.81. The number of halogens is 4. The number of carboxylic acids is 1. The van der Waals surface area contributed by atoms with Crippen LogP contribution < -0.4 is 10.2 Å². The third-order valence-corrected chi connectivity index (χ3v) is 5.10. The molecule has 1 amide bonds. The van der Waals surface area contributed by atoms with E-state index in [2.05, 4.69) is 25.5 Å². The number of carbonyl (C=O) groups is 2. The first-order valence-electron chi connectivity index (χ1n) is 9.26. The van der Waals surface area contributed by atoms with Crippen molar-refractivity contribution in [2.75, 3.05) is 37.7 Å². The topological polar surface area (TPSA) is 130 Å². The van der Waals surface area contributed by atoms with E-state index in [0.29, 0.717) is 37.8 Å². The highest BCUT2D eigenvalue weighted by molar-refractivity contribution is 5.93. The van der Waals surface area contributed by atoms with Gasteiger partial charge in [0.15, 0.2) is 5.82 Å². The van der Waals surface area contributed by atoms with Crippen LogP contribution in [0.2, 0.25) is 0 Å². The van der Waals surface area contributed by atoms with Crippen molar-refractivity contribution in [1.29, 1.82) is 0 Å². The van der Waals surface area contributed by atoms with Crippen LogP contribution in [0.3, 0.4) is 0 Å². The molecule has 0 spiro atoms. The molecule has 0 aliphatic carbocycles. The Balaban J connectivity index is 0.000000360. The molecule has 2 N–H and O–H groups in total. The molecule has 4 heterocycles. The lowest BCUT2D eigenvalue weighted by molar-refractivity contribution is -0.192. The SMILES string of the molecule is O=C(NC[C@]12COC[C@H]1CN(c1ncc(F)cn1)C2)c1ccnnc1.O=C(O)C(F)(F)F. The largest absolute Gasteiger partial charge is 0.490 e. The highest BCUT2D eigenvalue weighted by Crippen LogP contribution is 2.41. The van der Waals surface area contributed by atoms with Crippen molar-refractivity contribution in [3.05, 3.63) is 42.2 Å². The Labute approximate surface area is 178 Å². The highest BCUT2D eigenvalue weighted by Gasteiger charge is 2.51. The van der Waals surface area contributed by atoms with Crippen molar-refractivity contribution in [2.24, 2.45) is 11.3 Å². The molecule has 2 atom stereocenters. The minimum absolute atomic E-state index is 0.189. The Bertz CT molecular complexity index is 947. The van der Waals surface area contributed by atoms with Gasteiger partial charge in [0.05, 0.1) is 43.6 Å². The number of anilines is 1. The van der Waals surface area contributed by atoms with E-state index in [1.54, 1.807) is 6.07 Å². The van der Waals surface area contributed by atoms with Gasteiger partial charge in [-0.3, -0.25) is 4.79 Å². The Morgan fingerprint density at radius 1 is 1.25 bits per heavy atom. The molecule has 2 aliphatic heterocycles. The molecule has 2 aromatic heterocycles. The number of nitrogens with zero attached hydrogens (tertiary/aromatic N) is 5. The number of hydrogen-bond acceptors (Lipinski definition) is 8. The zero-order valence-corrected chi connectivity index (χ0v) is 16.4. The summed E-state index contributed by atoms with van der Waals surface area (Å²) in [6.07, 6.45) is 0.163. The normalized spacial score (nSPS) is 22.0. The molecule has 2 fully saturated rings. The maximum Gasteiger partial charge on any atom is 0.490 e. The van der Waals surface area contributed by atoms with E-state index >= 15 is 0 Å². The second kappa shape index (κ2) is 9.38. The average Bonchev–Trinajstić information content (AvgIpc) is 3.30. The average molecular weight is 458 g/mol. The van der Waals surface area contributed by atoms with E-state index < -0.39 is 18.0 Å². The molecule has 14 heteroatoms. The molecule has 0 bridgehead atoms. The van der Waals surface area contributed by atoms with Crippen LogP contribution in [0.25, 0.3) is 0 Å². The molecule has 2 saturated heterocycles. The number of fused-ring (bicyclic) bond motifs is 1. The standard InChI is InChI=1S/C16H17FN6O2.C2HF3O2/c17-13-4-18-15(19-5-13)23-6-12-7-25-10-16(12,9-23)8-20-14(24)11-1-2-21-22-3-11;3-2(4,5)1(6)7/h1-5,12H,6-10H2,(H,20,24);(H,6,7)/t12-,16+;/m1./s1. The van der Waals surface area contributed by atoms with Gasteiger partial charge in [0.1, 0.15) is 0 Å². The molecule has 0 unspecified atom stereocenters. The summed E-state index contributed by atoms with van der Waals surface area (Å²) in [6.45, 7) is 3.04. The van der Waals surface area contributed by atoms with Gasteiger partial charge in [-0.05, 0) is 6.07 Å². The summed E-state index contributed by atoms with van der Waals surface area (Å²) >= 11 is 0. The van der Waals surface area contributed by atoms with Crippen LogP contribution in [-0.4, -0.2) is 76.2 Å². The number of ether oxygens (including phenoxy) is 1. The van der Waals surface area contributed by atoms with Crippen molar-refractivity contribution in [1.82, 2.24) is 25.5 Å². The maximum atomic E-state index is 13.0. The smallest absolute Gasteiger partial charge is 0.475 e. The fraction of sp³-hybridized carbons (Fsp3) is 0.444. The fourth-order valence-electron chi connectivity index (χ4n) is 3.49. The Morgan fingerprint density at radius 3 is 2.53 bits per heavy atom. The van der Waals surface area contributed by atoms with Crippen molar-refractivity contribution < 1.29 is 37.0 Å². The lowest BCUT2D eigenvalue weighted by Gasteiger charge is -2.27. The first-order chi connectivity index (χ1) is 15.1. The number of amides is 1. The van der Waals surface area contributed by atoms with Gasteiger partial charge in [0, 0.05) is 31.0 Å². The van der Waals surface area contributed by atoms with Crippen molar-refractivity contribution in [3.8, 4) is 0 Å². The quantitative estimate of drug-likeness (QED) is 0.643. The van der Waals surface area contributed by atoms with Gasteiger partial charge in [0.2, 0.25) is 5.95 Å². The van der Waals surface area contributed by atoms with Crippen LogP contribution in [0.15, 0.2) is 30.9 Å². The summed E-state index contributed by atoms with van der Waals surface area (Å²) in [6, 6.07) is 1.62. The lowest BCUT2D eigenvalue weighted by Crippen LogP contribution is -2.43. The number of aliphatic carboxylic acids is 1. The summed E-state index contributed by atoms with van der Waals surface area (Å²) < 4.78 is 50.4. The summed E-state index contributed by atoms with van der Waals surface area (Å²) in [5.74, 6) is -2.64. The summed E-state index contributed by atoms with van der Waals surface area (Å²) in [4.78, 5) is 31.3. The minimum atomic E-state index is -5.08. The van der Waals surface area contributed by atoms with Crippen LogP contribution in [0.5, 0.6) is 0 Å². The van der Waals surface area contributed by atoms with Crippen LogP contribution in [-0.2, 0) is 9.53 Å². The van der Waals surface area contributed by atoms with E-state index in [-0.39, 0.29) is 17.2 Å². The highest BCUT2D eigenvalue weighted by atomic mass is 19.4. The predicted octanol–water partition coefficient (Wildman–Crippen LogP) is 0.922. The third-order valence-electron chi connectivity index (χ3n) is 5.10. The molecule has 32 heavy (non-hydrogen) atoms. The molecule has 0 radical (unpaired) electrons. The second-order valence-electron chi connectivity index (χ2n) is 7.27. The number of nitrogens with one attached hydrogen (secondary N) is 1. The fourth-order valence-corrected chi connectivity index (χ4v) is 3.49. The predicted molar refractivity (Wildman–Crippen MR) is 99.0 cm³/mol. The van der Waals surface area contributed by atoms with Gasteiger partial charge >= 0.3 is 12.1 Å². The summed E-state index contributed by atoms with van der Waals surface area (Å²) in [7, 11) is 0. The van der Waals surface area contributed by atoms with E-state index in [1.165, 1.54) is 12.4 Å². The number of aromatic nitrogens is 4. The third kappa shape index (κ3) is 5.43. The van der Waals surface area contributed by atoms with Gasteiger partial charge in [-0.2, -0.15) is 23.4 Å². The molecule has 0 saturated carbocycles. The van der Waals surface area contributed by atoms with E-state index in [1.807, 2.05) is 4.90 Å². The Kier molecular flexibility index (Phi) is 6.81. The first-order valence-corrected chi connectivity index (χ1v) is 9.26. The van der Waals surface area contributed by atoms with Crippen molar-refractivity contribution >= 4 is 17.8 Å². The molecule has 10 nitrogen and oxygen atoms in total. The van der Waals surface area contributed by atoms with Gasteiger partial charge in [0.25, 0.3) is 5.91 Å². The number of carbonyl (C=O) groups excluding carboxylic acids is 1. The maximum absolute atomic E-state index is 13.0. The second-order valence-corrected chi connectivity index (χ2v) is 7.27. The summed E-state index contributed by atoms with van der Waals surface area (Å²) in [5, 5.41) is 17.5. The van der Waals surface area contributed by atoms with Gasteiger partial charge in [-0.15, -0.1) is 0 Å². The minimum Gasteiger partial charge on any atom is -0.475 e. The molecular weight excluding hydrogens is 440 g/mol. The zero-order chi connectivity index (χ0) is 23.4. The number of carboxylic acid groups (broad SMARTS) is 1. The van der Waals surface area contributed by atoms with Crippen molar-refractivity contribution in [3.63, 3.8) is 0 Å². The summed E-state index contributed by atoms with van der Waals surface area (Å²) in [5.41, 5.74) is 0.270. The van der Waals surface area contributed by atoms with Crippen LogP contribution >= 0.6 is 0 Å². The van der Waals surface area contributed by atoms with E-state index in [4.69, 9.17) is 14.6 Å².